The van der Waals surface area contributed by atoms with E-state index >= 15 is 0 Å². The lowest BCUT2D eigenvalue weighted by molar-refractivity contribution is -0.0500. The second-order valence-corrected chi connectivity index (χ2v) is 6.98. The van der Waals surface area contributed by atoms with Gasteiger partial charge in [0.25, 0.3) is 0 Å². The molecule has 7 nitrogen and oxygen atoms in total. The quantitative estimate of drug-likeness (QED) is 0.428. The van der Waals surface area contributed by atoms with Gasteiger partial charge in [-0.25, -0.2) is 4.79 Å². The van der Waals surface area contributed by atoms with E-state index < -0.39 is 27.3 Å². The van der Waals surface area contributed by atoms with Crippen molar-refractivity contribution in [2.24, 2.45) is 0 Å². The molecule has 0 aromatic heterocycles. The molecule has 0 unspecified atom stereocenters. The summed E-state index contributed by atoms with van der Waals surface area (Å²) in [6.07, 6.45) is 0. The van der Waals surface area contributed by atoms with E-state index in [0.717, 1.165) is 6.07 Å². The summed E-state index contributed by atoms with van der Waals surface area (Å²) < 4.78 is 75.2. The minimum absolute atomic E-state index is 0.0328. The second-order valence-electron chi connectivity index (χ2n) is 5.44. The predicted octanol–water partition coefficient (Wildman–Crippen LogP) is 2.24. The number of hydrogen-bond donors (Lipinski definition) is 0. The van der Waals surface area contributed by atoms with Gasteiger partial charge in [0, 0.05) is 24.8 Å². The Kier molecular flexibility index (Phi) is 6.02. The van der Waals surface area contributed by atoms with E-state index in [2.05, 4.69) is 4.18 Å². The number of aryl methyl sites for hydroxylation is 1. The lowest BCUT2D eigenvalue weighted by Gasteiger charge is -2.29. The third kappa shape index (κ3) is 4.39. The monoisotopic (exact) mass is 397 g/mol. The first kappa shape index (κ1) is 20.3. The van der Waals surface area contributed by atoms with Crippen LogP contribution in [0.4, 0.5) is 18.9 Å². The molecule has 1 aliphatic rings. The van der Waals surface area contributed by atoms with Gasteiger partial charge in [0.1, 0.15) is 5.56 Å². The molecule has 0 amide bonds. The maximum atomic E-state index is 12.7. The standard InChI is InChI=1S/C15H18F3NO6S/c1-3-24-14(20)13-10(2)8-11(19-4-6-23-7-5-19)9-12(13)25-26(21,22)15(16,17)18/h8-9H,3-7H2,1-2H3. The Morgan fingerprint density at radius 1 is 1.27 bits per heavy atom. The van der Waals surface area contributed by atoms with E-state index in [1.807, 2.05) is 0 Å². The Labute approximate surface area is 148 Å². The molecule has 0 N–H and O–H groups in total. The number of rotatable bonds is 5. The van der Waals surface area contributed by atoms with Crippen molar-refractivity contribution in [3.63, 3.8) is 0 Å². The van der Waals surface area contributed by atoms with Gasteiger partial charge in [-0.3, -0.25) is 0 Å². The zero-order valence-corrected chi connectivity index (χ0v) is 14.9. The number of carbonyl (C=O) groups is 1. The van der Waals surface area contributed by atoms with E-state index in [9.17, 15) is 26.4 Å². The summed E-state index contributed by atoms with van der Waals surface area (Å²) in [6.45, 7) is 4.69. The smallest absolute Gasteiger partial charge is 0.462 e. The number of benzene rings is 1. The zero-order valence-electron chi connectivity index (χ0n) is 14.1. The van der Waals surface area contributed by atoms with Crippen LogP contribution in [0.1, 0.15) is 22.8 Å². The highest BCUT2D eigenvalue weighted by atomic mass is 32.2. The van der Waals surface area contributed by atoms with Gasteiger partial charge < -0.3 is 18.6 Å². The fourth-order valence-corrected chi connectivity index (χ4v) is 2.90. The van der Waals surface area contributed by atoms with Crippen LogP contribution in [-0.4, -0.2) is 52.8 Å². The summed E-state index contributed by atoms with van der Waals surface area (Å²) in [5.41, 5.74) is -5.33. The summed E-state index contributed by atoms with van der Waals surface area (Å²) in [7, 11) is -5.94. The Bertz CT molecular complexity index is 772. The molecule has 1 heterocycles. The average Bonchev–Trinajstić information content (AvgIpc) is 2.54. The van der Waals surface area contributed by atoms with Gasteiger partial charge in [0.05, 0.1) is 19.8 Å². The Morgan fingerprint density at radius 2 is 1.88 bits per heavy atom. The van der Waals surface area contributed by atoms with Crippen molar-refractivity contribution in [2.75, 3.05) is 37.8 Å². The van der Waals surface area contributed by atoms with E-state index in [1.165, 1.54) is 13.8 Å². The zero-order chi connectivity index (χ0) is 19.5. The van der Waals surface area contributed by atoms with Crippen molar-refractivity contribution in [3.8, 4) is 5.75 Å². The molecule has 1 aromatic rings. The number of nitrogens with zero attached hydrogens (tertiary/aromatic N) is 1. The number of ether oxygens (including phenoxy) is 2. The SMILES string of the molecule is CCOC(=O)c1c(C)cc(N2CCOCC2)cc1OS(=O)(=O)C(F)(F)F. The first-order valence-electron chi connectivity index (χ1n) is 7.72. The van der Waals surface area contributed by atoms with Crippen molar-refractivity contribution in [1.29, 1.82) is 0 Å². The number of morpholine rings is 1. The Morgan fingerprint density at radius 3 is 2.42 bits per heavy atom. The first-order chi connectivity index (χ1) is 12.1. The molecule has 1 saturated heterocycles. The number of carbonyl (C=O) groups excluding carboxylic acids is 1. The molecule has 0 aliphatic carbocycles. The number of anilines is 1. The molecule has 11 heteroatoms. The molecule has 0 atom stereocenters. The third-order valence-corrected chi connectivity index (χ3v) is 4.59. The predicted molar refractivity (Wildman–Crippen MR) is 85.8 cm³/mol. The second kappa shape index (κ2) is 7.70. The van der Waals surface area contributed by atoms with Crippen LogP contribution in [-0.2, 0) is 19.6 Å². The normalized spacial score (nSPS) is 15.7. The van der Waals surface area contributed by atoms with Crippen LogP contribution >= 0.6 is 0 Å². The highest BCUT2D eigenvalue weighted by Gasteiger charge is 2.49. The number of alkyl halides is 3. The Hall–Kier alpha value is -2.01. The fourth-order valence-electron chi connectivity index (χ4n) is 2.44. The van der Waals surface area contributed by atoms with Gasteiger partial charge in [-0.05, 0) is 25.5 Å². The van der Waals surface area contributed by atoms with E-state index in [0.29, 0.717) is 32.0 Å². The molecule has 0 saturated carbocycles. The molecule has 146 valence electrons. The number of hydrogen-bond acceptors (Lipinski definition) is 7. The topological polar surface area (TPSA) is 82.1 Å². The lowest BCUT2D eigenvalue weighted by atomic mass is 10.1. The summed E-state index contributed by atoms with van der Waals surface area (Å²) >= 11 is 0. The summed E-state index contributed by atoms with van der Waals surface area (Å²) in [5, 5.41) is 0. The Balaban J connectivity index is 2.52. The maximum Gasteiger partial charge on any atom is 0.534 e. The van der Waals surface area contributed by atoms with Crippen molar-refractivity contribution < 1.29 is 40.0 Å². The molecule has 26 heavy (non-hydrogen) atoms. The van der Waals surface area contributed by atoms with Gasteiger partial charge >= 0.3 is 21.6 Å². The van der Waals surface area contributed by atoms with E-state index in [1.54, 1.807) is 11.0 Å². The minimum atomic E-state index is -5.94. The highest BCUT2D eigenvalue weighted by molar-refractivity contribution is 7.88. The molecular weight excluding hydrogens is 379 g/mol. The first-order valence-corrected chi connectivity index (χ1v) is 9.13. The molecule has 1 fully saturated rings. The highest BCUT2D eigenvalue weighted by Crippen LogP contribution is 2.34. The van der Waals surface area contributed by atoms with E-state index in [-0.39, 0.29) is 17.7 Å². The van der Waals surface area contributed by atoms with E-state index in [4.69, 9.17) is 9.47 Å². The van der Waals surface area contributed by atoms with Crippen LogP contribution < -0.4 is 9.08 Å². The molecule has 0 radical (unpaired) electrons. The van der Waals surface area contributed by atoms with Crippen LogP contribution in [0.3, 0.4) is 0 Å². The summed E-state index contributed by atoms with van der Waals surface area (Å²) in [6, 6.07) is 2.65. The van der Waals surface area contributed by atoms with Crippen LogP contribution in [0.5, 0.6) is 5.75 Å². The van der Waals surface area contributed by atoms with Gasteiger partial charge in [-0.2, -0.15) is 21.6 Å². The van der Waals surface area contributed by atoms with Gasteiger partial charge in [0.2, 0.25) is 0 Å². The maximum absolute atomic E-state index is 12.7. The molecule has 1 aliphatic heterocycles. The van der Waals surface area contributed by atoms with Crippen molar-refractivity contribution in [1.82, 2.24) is 0 Å². The van der Waals surface area contributed by atoms with Crippen molar-refractivity contribution in [2.45, 2.75) is 19.4 Å². The van der Waals surface area contributed by atoms with Gasteiger partial charge in [0.15, 0.2) is 5.75 Å². The van der Waals surface area contributed by atoms with Gasteiger partial charge in [-0.15, -0.1) is 0 Å². The largest absolute Gasteiger partial charge is 0.534 e. The van der Waals surface area contributed by atoms with Crippen LogP contribution in [0.25, 0.3) is 0 Å². The third-order valence-electron chi connectivity index (χ3n) is 3.62. The number of esters is 1. The lowest BCUT2D eigenvalue weighted by Crippen LogP contribution is -2.36. The molecule has 0 bridgehead atoms. The molecule has 2 rings (SSSR count). The average molecular weight is 397 g/mol. The fraction of sp³-hybridized carbons (Fsp3) is 0.533. The minimum Gasteiger partial charge on any atom is -0.462 e. The molecular formula is C15H18F3NO6S. The van der Waals surface area contributed by atoms with Crippen molar-refractivity contribution in [3.05, 3.63) is 23.3 Å². The van der Waals surface area contributed by atoms with Gasteiger partial charge in [-0.1, -0.05) is 0 Å². The summed E-state index contributed by atoms with van der Waals surface area (Å²) in [4.78, 5) is 13.9. The van der Waals surface area contributed by atoms with Crippen molar-refractivity contribution >= 4 is 21.8 Å². The summed E-state index contributed by atoms with van der Waals surface area (Å²) in [5.74, 6) is -1.69. The molecule has 0 spiro atoms. The molecule has 1 aromatic carbocycles. The van der Waals surface area contributed by atoms with Crippen LogP contribution in [0.2, 0.25) is 0 Å². The van der Waals surface area contributed by atoms with Crippen LogP contribution in [0, 0.1) is 6.92 Å². The number of halogens is 3. The van der Waals surface area contributed by atoms with Crippen LogP contribution in [0.15, 0.2) is 12.1 Å².